The van der Waals surface area contributed by atoms with E-state index in [-0.39, 0.29) is 30.9 Å². The van der Waals surface area contributed by atoms with Crippen LogP contribution in [0.4, 0.5) is 0 Å². The summed E-state index contributed by atoms with van der Waals surface area (Å²) < 4.78 is 16.8. The fourth-order valence-corrected chi connectivity index (χ4v) is 4.63. The van der Waals surface area contributed by atoms with E-state index in [1.54, 1.807) is 12.1 Å². The summed E-state index contributed by atoms with van der Waals surface area (Å²) in [6.45, 7) is 2.98. The molecule has 3 aliphatic rings. The summed E-state index contributed by atoms with van der Waals surface area (Å²) in [7, 11) is 0. The van der Waals surface area contributed by atoms with Crippen molar-refractivity contribution < 1.29 is 49.3 Å². The van der Waals surface area contributed by atoms with Crippen LogP contribution in [0, 0.1) is 0 Å². The van der Waals surface area contributed by atoms with Crippen molar-refractivity contribution in [3.05, 3.63) is 48.0 Å². The normalized spacial score (nSPS) is 37.4. The van der Waals surface area contributed by atoms with Crippen LogP contribution in [-0.4, -0.2) is 124 Å². The van der Waals surface area contributed by atoms with E-state index in [1.807, 2.05) is 0 Å². The summed E-state index contributed by atoms with van der Waals surface area (Å²) >= 11 is 0. The lowest BCUT2D eigenvalue weighted by Crippen LogP contribution is -2.67. The zero-order valence-corrected chi connectivity index (χ0v) is 18.8. The number of amides is 2. The molecule has 1 aromatic carbocycles. The van der Waals surface area contributed by atoms with Gasteiger partial charge in [0, 0.05) is 6.54 Å². The number of hydrogen-bond acceptors (Lipinski definition) is 11. The third kappa shape index (κ3) is 4.77. The first-order chi connectivity index (χ1) is 16.8. The molecular formula is C23H30N2O10. The summed E-state index contributed by atoms with van der Waals surface area (Å²) in [6.07, 6.45) is -7.55. The molecule has 192 valence electrons. The van der Waals surface area contributed by atoms with Gasteiger partial charge in [0.25, 0.3) is 11.8 Å². The first-order valence-corrected chi connectivity index (χ1v) is 11.3. The number of imide groups is 1. The second-order valence-electron chi connectivity index (χ2n) is 8.71. The topological polar surface area (TPSA) is 178 Å². The number of hydrogen-bond donors (Lipinski definition) is 6. The highest BCUT2D eigenvalue weighted by atomic mass is 16.7. The molecule has 2 amide bonds. The van der Waals surface area contributed by atoms with Gasteiger partial charge in [0.2, 0.25) is 0 Å². The molecule has 2 fully saturated rings. The summed E-state index contributed by atoms with van der Waals surface area (Å²) in [5, 5.41) is 54.3. The van der Waals surface area contributed by atoms with Gasteiger partial charge < -0.3 is 45.1 Å². The Morgan fingerprint density at radius 1 is 1.03 bits per heavy atom. The third-order valence-corrected chi connectivity index (χ3v) is 6.56. The van der Waals surface area contributed by atoms with Crippen LogP contribution in [0.2, 0.25) is 0 Å². The summed E-state index contributed by atoms with van der Waals surface area (Å²) in [5.74, 6) is -1.27. The maximum atomic E-state index is 13.0. The van der Waals surface area contributed by atoms with Gasteiger partial charge in [-0.1, -0.05) is 18.2 Å². The lowest BCUT2D eigenvalue weighted by molar-refractivity contribution is -0.270. The van der Waals surface area contributed by atoms with Crippen LogP contribution in [0.3, 0.4) is 0 Å². The van der Waals surface area contributed by atoms with Gasteiger partial charge in [0.15, 0.2) is 6.29 Å². The Bertz CT molecular complexity index is 910. The quantitative estimate of drug-likeness (QED) is 0.165. The smallest absolute Gasteiger partial charge is 0.262 e. The number of rotatable bonds is 8. The van der Waals surface area contributed by atoms with Crippen LogP contribution in [-0.2, 0) is 14.2 Å². The molecule has 0 saturated carbocycles. The molecule has 12 nitrogen and oxygen atoms in total. The SMILES string of the molecule is C=CCO[C@H]1O[C@H](CN[C@H]2CO[C@H](CO)[C@@H](O)[C@@H]2O)[C@@H](O)[C@H](O)[C@H]1N1C(=O)c2ccccc2C1=O. The minimum Gasteiger partial charge on any atom is -0.394 e. The zero-order valence-electron chi connectivity index (χ0n) is 18.8. The molecule has 0 spiro atoms. The second kappa shape index (κ2) is 10.8. The second-order valence-corrected chi connectivity index (χ2v) is 8.71. The van der Waals surface area contributed by atoms with E-state index in [0.717, 1.165) is 4.90 Å². The van der Waals surface area contributed by atoms with Crippen molar-refractivity contribution in [1.29, 1.82) is 0 Å². The Hall–Kier alpha value is -2.26. The molecule has 2 saturated heterocycles. The number of benzene rings is 1. The molecule has 6 N–H and O–H groups in total. The molecular weight excluding hydrogens is 464 g/mol. The van der Waals surface area contributed by atoms with Crippen molar-refractivity contribution in [3.8, 4) is 0 Å². The van der Waals surface area contributed by atoms with Crippen molar-refractivity contribution in [2.45, 2.75) is 55.0 Å². The number of nitrogens with zero attached hydrogens (tertiary/aromatic N) is 1. The first kappa shape index (κ1) is 25.8. The molecule has 35 heavy (non-hydrogen) atoms. The van der Waals surface area contributed by atoms with Crippen molar-refractivity contribution in [2.75, 3.05) is 26.4 Å². The Balaban J connectivity index is 1.49. The third-order valence-electron chi connectivity index (χ3n) is 6.56. The van der Waals surface area contributed by atoms with Crippen molar-refractivity contribution >= 4 is 11.8 Å². The largest absolute Gasteiger partial charge is 0.394 e. The molecule has 3 aliphatic heterocycles. The molecule has 9 atom stereocenters. The predicted octanol–water partition coefficient (Wildman–Crippen LogP) is -2.63. The highest BCUT2D eigenvalue weighted by Crippen LogP contribution is 2.32. The summed E-state index contributed by atoms with van der Waals surface area (Å²) in [4.78, 5) is 26.8. The minimum absolute atomic E-state index is 0.0166. The van der Waals surface area contributed by atoms with Gasteiger partial charge >= 0.3 is 0 Å². The highest BCUT2D eigenvalue weighted by molar-refractivity contribution is 6.21. The van der Waals surface area contributed by atoms with E-state index in [2.05, 4.69) is 11.9 Å². The first-order valence-electron chi connectivity index (χ1n) is 11.3. The number of carbonyl (C=O) groups excluding carboxylic acids is 2. The summed E-state index contributed by atoms with van der Waals surface area (Å²) in [6, 6.07) is 4.16. The van der Waals surface area contributed by atoms with E-state index < -0.39 is 73.4 Å². The van der Waals surface area contributed by atoms with Gasteiger partial charge in [-0.15, -0.1) is 6.58 Å². The molecule has 1 aromatic rings. The number of nitrogens with one attached hydrogen (secondary N) is 1. The predicted molar refractivity (Wildman–Crippen MR) is 118 cm³/mol. The molecule has 0 unspecified atom stereocenters. The fourth-order valence-electron chi connectivity index (χ4n) is 4.63. The maximum absolute atomic E-state index is 13.0. The Morgan fingerprint density at radius 3 is 2.26 bits per heavy atom. The van der Waals surface area contributed by atoms with Crippen molar-refractivity contribution in [2.24, 2.45) is 0 Å². The van der Waals surface area contributed by atoms with Crippen LogP contribution in [0.5, 0.6) is 0 Å². The lowest BCUT2D eigenvalue weighted by atomic mass is 9.94. The highest BCUT2D eigenvalue weighted by Gasteiger charge is 2.53. The van der Waals surface area contributed by atoms with E-state index in [9.17, 15) is 35.1 Å². The number of fused-ring (bicyclic) bond motifs is 1. The Kier molecular flexibility index (Phi) is 7.96. The van der Waals surface area contributed by atoms with Gasteiger partial charge in [0.05, 0.1) is 37.0 Å². The van der Waals surface area contributed by atoms with Crippen molar-refractivity contribution in [1.82, 2.24) is 10.2 Å². The molecule has 0 aromatic heterocycles. The number of aliphatic hydroxyl groups excluding tert-OH is 5. The molecule has 4 rings (SSSR count). The van der Waals surface area contributed by atoms with Gasteiger partial charge in [-0.3, -0.25) is 14.5 Å². The van der Waals surface area contributed by atoms with Crippen LogP contribution in [0.15, 0.2) is 36.9 Å². The van der Waals surface area contributed by atoms with Crippen LogP contribution < -0.4 is 5.32 Å². The number of aliphatic hydroxyl groups is 5. The van der Waals surface area contributed by atoms with Crippen LogP contribution >= 0.6 is 0 Å². The summed E-state index contributed by atoms with van der Waals surface area (Å²) in [5.41, 5.74) is 0.355. The average molecular weight is 494 g/mol. The lowest BCUT2D eigenvalue weighted by Gasteiger charge is -2.45. The average Bonchev–Trinajstić information content (AvgIpc) is 3.11. The van der Waals surface area contributed by atoms with E-state index in [4.69, 9.17) is 14.2 Å². The monoisotopic (exact) mass is 494 g/mol. The van der Waals surface area contributed by atoms with Crippen LogP contribution in [0.1, 0.15) is 20.7 Å². The van der Waals surface area contributed by atoms with Gasteiger partial charge in [-0.2, -0.15) is 0 Å². The van der Waals surface area contributed by atoms with Crippen molar-refractivity contribution in [3.63, 3.8) is 0 Å². The molecule has 3 heterocycles. The van der Waals surface area contributed by atoms with E-state index in [0.29, 0.717) is 0 Å². The standard InChI is InChI=1S/C23H30N2O10/c1-2-7-33-23-16(25-21(31)11-5-3-4-6-12(11)22(25)32)20(30)18(28)14(35-23)8-24-13-10-34-15(9-26)19(29)17(13)27/h2-6,13-20,23-24,26-30H,1,7-10H2/t13-,14+,15+,16+,17+,18+,19+,20+,23-/m0/s1. The number of carbonyl (C=O) groups is 2. The number of ether oxygens (including phenoxy) is 3. The van der Waals surface area contributed by atoms with E-state index >= 15 is 0 Å². The molecule has 0 aliphatic carbocycles. The van der Waals surface area contributed by atoms with Gasteiger partial charge in [-0.25, -0.2) is 0 Å². The Morgan fingerprint density at radius 2 is 1.66 bits per heavy atom. The molecule has 12 heteroatoms. The van der Waals surface area contributed by atoms with Gasteiger partial charge in [-0.05, 0) is 12.1 Å². The fraction of sp³-hybridized carbons (Fsp3) is 0.565. The molecule has 0 radical (unpaired) electrons. The minimum atomic E-state index is -1.61. The van der Waals surface area contributed by atoms with E-state index in [1.165, 1.54) is 18.2 Å². The van der Waals surface area contributed by atoms with Crippen LogP contribution in [0.25, 0.3) is 0 Å². The zero-order chi connectivity index (χ0) is 25.3. The molecule has 0 bridgehead atoms. The Labute approximate surface area is 201 Å². The van der Waals surface area contributed by atoms with Gasteiger partial charge in [0.1, 0.15) is 42.7 Å². The maximum Gasteiger partial charge on any atom is 0.262 e.